The molecule has 3 heterocycles. The van der Waals surface area contributed by atoms with Crippen molar-refractivity contribution in [1.29, 1.82) is 0 Å². The molecule has 0 radical (unpaired) electrons. The van der Waals surface area contributed by atoms with Gasteiger partial charge in [0.1, 0.15) is 5.70 Å². The van der Waals surface area contributed by atoms with Gasteiger partial charge in [-0.1, -0.05) is 12.1 Å². The van der Waals surface area contributed by atoms with E-state index in [4.69, 9.17) is 4.74 Å². The molecule has 2 aliphatic heterocycles. The molecule has 2 aliphatic rings. The van der Waals surface area contributed by atoms with Crippen molar-refractivity contribution in [2.24, 2.45) is 0 Å². The Balaban J connectivity index is 2.05. The lowest BCUT2D eigenvalue weighted by atomic mass is 10.2. The van der Waals surface area contributed by atoms with Gasteiger partial charge in [-0.2, -0.15) is 9.36 Å². The number of nitrogens with zero attached hydrogens (tertiary/aromatic N) is 4. The summed E-state index contributed by atoms with van der Waals surface area (Å²) in [7, 11) is 1.70. The molecule has 4 rings (SSSR count). The third kappa shape index (κ3) is 2.31. The molecule has 1 atom stereocenters. The van der Waals surface area contributed by atoms with E-state index in [-0.39, 0.29) is 23.1 Å². The van der Waals surface area contributed by atoms with E-state index in [2.05, 4.69) is 0 Å². The van der Waals surface area contributed by atoms with Crippen molar-refractivity contribution < 1.29 is 14.3 Å². The molecule has 1 aromatic heterocycles. The van der Waals surface area contributed by atoms with Gasteiger partial charge in [0.2, 0.25) is 6.29 Å². The van der Waals surface area contributed by atoms with Gasteiger partial charge in [0, 0.05) is 19.4 Å². The molecule has 0 fully saturated rings. The van der Waals surface area contributed by atoms with Crippen molar-refractivity contribution in [3.63, 3.8) is 0 Å². The molecule has 0 saturated carbocycles. The smallest absolute Gasteiger partial charge is 0.333 e. The van der Waals surface area contributed by atoms with E-state index >= 15 is 0 Å². The van der Waals surface area contributed by atoms with E-state index < -0.39 is 29.3 Å². The first kappa shape index (κ1) is 16.8. The number of rotatable bonds is 2. The van der Waals surface area contributed by atoms with Crippen molar-refractivity contribution in [3.8, 4) is 0 Å². The van der Waals surface area contributed by atoms with Crippen LogP contribution < -0.4 is 11.1 Å². The molecule has 27 heavy (non-hydrogen) atoms. The quantitative estimate of drug-likeness (QED) is 0.561. The summed E-state index contributed by atoms with van der Waals surface area (Å²) in [6, 6.07) is 6.33. The first-order chi connectivity index (χ1) is 13.0. The standard InChI is InChI=1S/C18H16N4O5/c1-3-27-14(23)10-13-17(26)21-15(24)11-6-4-5-7-12(11)16(25)22(21)18-19(2)8-9-20(13)18/h4-10,18H,3H2,1-2H3/b13-10-. The maximum atomic E-state index is 13.1. The van der Waals surface area contributed by atoms with Gasteiger partial charge in [-0.15, -0.1) is 0 Å². The molecular formula is C18H16N4O5. The van der Waals surface area contributed by atoms with Gasteiger partial charge in [0.25, 0.3) is 17.0 Å². The molecule has 2 aromatic rings. The maximum Gasteiger partial charge on any atom is 0.333 e. The highest BCUT2D eigenvalue weighted by molar-refractivity contribution is 6.01. The fraction of sp³-hybridized carbons (Fsp3) is 0.222. The molecule has 1 aromatic carbocycles. The maximum absolute atomic E-state index is 13.1. The van der Waals surface area contributed by atoms with Gasteiger partial charge in [-0.3, -0.25) is 14.4 Å². The lowest BCUT2D eigenvalue weighted by Crippen LogP contribution is -2.55. The summed E-state index contributed by atoms with van der Waals surface area (Å²) in [4.78, 5) is 54.1. The van der Waals surface area contributed by atoms with Gasteiger partial charge >= 0.3 is 5.97 Å². The molecule has 0 N–H and O–H groups in total. The van der Waals surface area contributed by atoms with Gasteiger partial charge in [0.15, 0.2) is 0 Å². The van der Waals surface area contributed by atoms with Crippen LogP contribution in [0.15, 0.2) is 58.0 Å². The van der Waals surface area contributed by atoms with Crippen LogP contribution in [0.2, 0.25) is 0 Å². The average Bonchev–Trinajstić information content (AvgIpc) is 3.03. The molecule has 0 bridgehead atoms. The molecular weight excluding hydrogens is 352 g/mol. The summed E-state index contributed by atoms with van der Waals surface area (Å²) in [5.74, 6) is -1.47. The highest BCUT2D eigenvalue weighted by Gasteiger charge is 2.41. The Kier molecular flexibility index (Phi) is 3.72. The van der Waals surface area contributed by atoms with Crippen LogP contribution in [0.4, 0.5) is 0 Å². The van der Waals surface area contributed by atoms with E-state index in [0.717, 1.165) is 15.4 Å². The summed E-state index contributed by atoms with van der Waals surface area (Å²) in [5.41, 5.74) is -1.14. The zero-order valence-corrected chi connectivity index (χ0v) is 14.7. The van der Waals surface area contributed by atoms with E-state index in [1.54, 1.807) is 49.5 Å². The fourth-order valence-electron chi connectivity index (χ4n) is 3.35. The molecule has 0 aliphatic carbocycles. The molecule has 1 unspecified atom stereocenters. The number of ether oxygens (including phenoxy) is 1. The minimum atomic E-state index is -0.784. The minimum absolute atomic E-state index is 0.0455. The Bertz CT molecular complexity index is 1160. The number of fused-ring (bicyclic) bond motifs is 4. The van der Waals surface area contributed by atoms with Crippen LogP contribution >= 0.6 is 0 Å². The summed E-state index contributed by atoms with van der Waals surface area (Å²) in [6.07, 6.45) is 3.48. The van der Waals surface area contributed by atoms with Gasteiger partial charge in [-0.05, 0) is 19.1 Å². The Morgan fingerprint density at radius 3 is 2.44 bits per heavy atom. The molecule has 138 valence electrons. The summed E-state index contributed by atoms with van der Waals surface area (Å²) < 4.78 is 6.79. The van der Waals surface area contributed by atoms with Crippen molar-refractivity contribution in [1.82, 2.24) is 19.2 Å². The highest BCUT2D eigenvalue weighted by Crippen LogP contribution is 2.31. The normalized spacial score (nSPS) is 19.6. The monoisotopic (exact) mass is 368 g/mol. The lowest BCUT2D eigenvalue weighted by Gasteiger charge is -2.38. The van der Waals surface area contributed by atoms with Crippen LogP contribution in [0.1, 0.15) is 18.0 Å². The second-order valence-electron chi connectivity index (χ2n) is 6.12. The number of allylic oxidation sites excluding steroid dienone is 1. The van der Waals surface area contributed by atoms with E-state index in [0.29, 0.717) is 0 Å². The topological polar surface area (TPSA) is 93.8 Å². The SMILES string of the molecule is CCOC(=O)/C=C1/C(=O)n2c(=O)c3ccccc3c(=O)n2C2N(C)C=CN12. The zero-order chi connectivity index (χ0) is 19.3. The number of aromatic nitrogens is 2. The van der Waals surface area contributed by atoms with Crippen LogP contribution in [-0.2, 0) is 9.53 Å². The van der Waals surface area contributed by atoms with Gasteiger partial charge in [0.05, 0.1) is 23.5 Å². The third-order valence-corrected chi connectivity index (χ3v) is 4.53. The lowest BCUT2D eigenvalue weighted by molar-refractivity contribution is -0.137. The fourth-order valence-corrected chi connectivity index (χ4v) is 3.35. The van der Waals surface area contributed by atoms with Crippen LogP contribution in [-0.4, -0.2) is 44.7 Å². The zero-order valence-electron chi connectivity index (χ0n) is 14.7. The molecule has 9 heteroatoms. The van der Waals surface area contributed by atoms with Gasteiger partial charge < -0.3 is 14.5 Å². The number of hydrogen-bond donors (Lipinski definition) is 0. The summed E-state index contributed by atoms with van der Waals surface area (Å²) in [6.45, 7) is 1.80. The first-order valence-electron chi connectivity index (χ1n) is 8.34. The number of benzene rings is 1. The number of esters is 1. The van der Waals surface area contributed by atoms with Crippen LogP contribution in [0.5, 0.6) is 0 Å². The highest BCUT2D eigenvalue weighted by atomic mass is 16.5. The van der Waals surface area contributed by atoms with Gasteiger partial charge in [-0.25, -0.2) is 4.79 Å². The first-order valence-corrected chi connectivity index (χ1v) is 8.34. The molecule has 0 spiro atoms. The minimum Gasteiger partial charge on any atom is -0.463 e. The van der Waals surface area contributed by atoms with Crippen LogP contribution in [0, 0.1) is 0 Å². The van der Waals surface area contributed by atoms with E-state index in [1.165, 1.54) is 11.0 Å². The average molecular weight is 368 g/mol. The predicted molar refractivity (Wildman–Crippen MR) is 95.6 cm³/mol. The van der Waals surface area contributed by atoms with Crippen molar-refractivity contribution >= 4 is 22.6 Å². The van der Waals surface area contributed by atoms with Crippen molar-refractivity contribution in [3.05, 3.63) is 69.1 Å². The van der Waals surface area contributed by atoms with Crippen LogP contribution in [0.3, 0.4) is 0 Å². The van der Waals surface area contributed by atoms with E-state index in [1.807, 2.05) is 0 Å². The molecule has 9 nitrogen and oxygen atoms in total. The number of carbonyl (C=O) groups excluding carboxylic acids is 2. The Labute approximate surface area is 152 Å². The number of hydrogen-bond acceptors (Lipinski definition) is 7. The molecule has 0 amide bonds. The van der Waals surface area contributed by atoms with E-state index in [9.17, 15) is 19.2 Å². The van der Waals surface area contributed by atoms with Crippen LogP contribution in [0.25, 0.3) is 10.8 Å². The summed E-state index contributed by atoms with van der Waals surface area (Å²) in [5, 5.41) is 0.370. The second-order valence-corrected chi connectivity index (χ2v) is 6.12. The second kappa shape index (κ2) is 5.97. The number of carbonyl (C=O) groups is 2. The Morgan fingerprint density at radius 2 is 1.78 bits per heavy atom. The predicted octanol–water partition coefficient (Wildman–Crippen LogP) is 0.439. The summed E-state index contributed by atoms with van der Waals surface area (Å²) >= 11 is 0. The largest absolute Gasteiger partial charge is 0.463 e. The third-order valence-electron chi connectivity index (χ3n) is 4.53. The Morgan fingerprint density at radius 1 is 1.11 bits per heavy atom. The van der Waals surface area contributed by atoms with Crippen molar-refractivity contribution in [2.75, 3.05) is 13.7 Å². The molecule has 0 saturated heterocycles. The van der Waals surface area contributed by atoms with Crippen molar-refractivity contribution in [2.45, 2.75) is 13.2 Å². The Hall–Kier alpha value is -3.62.